The molecule has 1 fully saturated rings. The lowest BCUT2D eigenvalue weighted by Gasteiger charge is -2.28. The minimum absolute atomic E-state index is 0.142. The Morgan fingerprint density at radius 1 is 1.00 bits per heavy atom. The number of nitrogens with zero attached hydrogens (tertiary/aromatic N) is 5. The van der Waals surface area contributed by atoms with Gasteiger partial charge >= 0.3 is 0 Å². The Morgan fingerprint density at radius 2 is 1.80 bits per heavy atom. The molecule has 0 bridgehead atoms. The monoisotopic (exact) mass is 490 g/mol. The number of amides is 1. The van der Waals surface area contributed by atoms with Crippen LogP contribution in [0.1, 0.15) is 25.7 Å². The van der Waals surface area contributed by atoms with Crippen molar-refractivity contribution >= 4 is 57.5 Å². The Kier molecular flexibility index (Phi) is 6.67. The maximum atomic E-state index is 11.9. The van der Waals surface area contributed by atoms with Gasteiger partial charge in [0.1, 0.15) is 6.33 Å². The second kappa shape index (κ2) is 10.2. The van der Waals surface area contributed by atoms with Crippen LogP contribution in [-0.2, 0) is 4.79 Å². The molecule has 2 aromatic heterocycles. The van der Waals surface area contributed by atoms with Crippen molar-refractivity contribution in [2.75, 3.05) is 40.2 Å². The number of anilines is 5. The molecule has 1 amide bonds. The van der Waals surface area contributed by atoms with Gasteiger partial charge in [0.2, 0.25) is 11.9 Å². The predicted molar refractivity (Wildman–Crippen MR) is 141 cm³/mol. The van der Waals surface area contributed by atoms with E-state index in [-0.39, 0.29) is 24.0 Å². The smallest absolute Gasteiger partial charge is 0.231 e. The molecule has 4 aromatic rings. The van der Waals surface area contributed by atoms with Gasteiger partial charge in [-0.05, 0) is 61.7 Å². The Hall–Kier alpha value is -3.85. The summed E-state index contributed by atoms with van der Waals surface area (Å²) in [5.41, 5.74) is 10.8. The number of halogens is 1. The molecule has 0 aliphatic carbocycles. The van der Waals surface area contributed by atoms with E-state index in [0.29, 0.717) is 22.8 Å². The van der Waals surface area contributed by atoms with E-state index in [4.69, 9.17) is 17.3 Å². The molecule has 180 valence electrons. The molecule has 5 rings (SSSR count). The van der Waals surface area contributed by atoms with Gasteiger partial charge in [0, 0.05) is 42.5 Å². The van der Waals surface area contributed by atoms with Crippen LogP contribution < -0.4 is 21.3 Å². The van der Waals surface area contributed by atoms with E-state index < -0.39 is 0 Å². The lowest BCUT2D eigenvalue weighted by molar-refractivity contribution is -0.115. The fourth-order valence-electron chi connectivity index (χ4n) is 4.25. The minimum Gasteiger partial charge on any atom is -0.382 e. The minimum atomic E-state index is -0.142. The molecule has 0 unspecified atom stereocenters. The maximum Gasteiger partial charge on any atom is 0.231 e. The van der Waals surface area contributed by atoms with E-state index in [1.54, 1.807) is 6.33 Å². The normalized spacial score (nSPS) is 13.7. The highest BCUT2D eigenvalue weighted by Crippen LogP contribution is 2.26. The first kappa shape index (κ1) is 22.9. The van der Waals surface area contributed by atoms with Gasteiger partial charge in [0.15, 0.2) is 17.0 Å². The fraction of sp³-hybridized carbons (Fsp3) is 0.280. The highest BCUT2D eigenvalue weighted by Gasteiger charge is 2.14. The van der Waals surface area contributed by atoms with Crippen LogP contribution in [0, 0.1) is 0 Å². The molecule has 35 heavy (non-hydrogen) atoms. The number of fused-ring (bicyclic) bond motifs is 1. The largest absolute Gasteiger partial charge is 0.382 e. The van der Waals surface area contributed by atoms with E-state index in [9.17, 15) is 4.79 Å². The molecule has 10 heteroatoms. The van der Waals surface area contributed by atoms with Gasteiger partial charge in [-0.3, -0.25) is 9.36 Å². The van der Waals surface area contributed by atoms with Crippen LogP contribution in [0.15, 0.2) is 54.9 Å². The molecular formula is C25H27ClN8O. The zero-order chi connectivity index (χ0) is 24.2. The Labute approximate surface area is 208 Å². The molecule has 3 heterocycles. The van der Waals surface area contributed by atoms with Crippen LogP contribution in [0.4, 0.5) is 28.8 Å². The van der Waals surface area contributed by atoms with Crippen LogP contribution in [0.3, 0.4) is 0 Å². The van der Waals surface area contributed by atoms with Crippen LogP contribution in [-0.4, -0.2) is 44.4 Å². The van der Waals surface area contributed by atoms with Crippen LogP contribution >= 0.6 is 11.6 Å². The topological polar surface area (TPSA) is 114 Å². The van der Waals surface area contributed by atoms with E-state index in [2.05, 4.69) is 42.6 Å². The molecule has 1 aliphatic heterocycles. The molecule has 2 aromatic carbocycles. The molecule has 0 spiro atoms. The summed E-state index contributed by atoms with van der Waals surface area (Å²) >= 11 is 5.66. The van der Waals surface area contributed by atoms with Gasteiger partial charge in [-0.25, -0.2) is 4.98 Å². The van der Waals surface area contributed by atoms with Crippen molar-refractivity contribution in [1.82, 2.24) is 19.5 Å². The predicted octanol–water partition coefficient (Wildman–Crippen LogP) is 4.70. The number of benzene rings is 2. The molecule has 0 saturated carbocycles. The van der Waals surface area contributed by atoms with Crippen LogP contribution in [0.5, 0.6) is 0 Å². The van der Waals surface area contributed by atoms with Gasteiger partial charge in [0.25, 0.3) is 0 Å². The van der Waals surface area contributed by atoms with E-state index in [1.807, 2.05) is 41.0 Å². The lowest BCUT2D eigenvalue weighted by atomic mass is 10.1. The highest BCUT2D eigenvalue weighted by atomic mass is 35.5. The SMILES string of the molecule is Nc1nc(Nc2ccc(N3CCCCC3)cc2)nc2c1ncn2-c1cccc(NC(=O)CCCl)c1. The number of alkyl halides is 1. The number of carbonyl (C=O) groups is 1. The number of nitrogens with two attached hydrogens (primary N) is 1. The first-order valence-corrected chi connectivity index (χ1v) is 12.2. The summed E-state index contributed by atoms with van der Waals surface area (Å²) in [5, 5.41) is 6.10. The number of aromatic nitrogens is 4. The van der Waals surface area contributed by atoms with Crippen molar-refractivity contribution in [3.63, 3.8) is 0 Å². The second-order valence-electron chi connectivity index (χ2n) is 8.48. The number of nitrogens with one attached hydrogen (secondary N) is 2. The van der Waals surface area contributed by atoms with Gasteiger partial charge in [0.05, 0.1) is 5.69 Å². The summed E-state index contributed by atoms with van der Waals surface area (Å²) < 4.78 is 1.81. The number of hydrogen-bond acceptors (Lipinski definition) is 7. The number of imidazole rings is 1. The molecule has 0 atom stereocenters. The third-order valence-corrected chi connectivity index (χ3v) is 6.19. The average molecular weight is 491 g/mol. The summed E-state index contributed by atoms with van der Waals surface area (Å²) in [6.07, 6.45) is 5.68. The molecule has 1 aliphatic rings. The summed E-state index contributed by atoms with van der Waals surface area (Å²) in [5.74, 6) is 0.795. The van der Waals surface area contributed by atoms with Crippen molar-refractivity contribution < 1.29 is 4.79 Å². The summed E-state index contributed by atoms with van der Waals surface area (Å²) in [6, 6.07) is 15.7. The Bertz CT molecular complexity index is 1330. The Morgan fingerprint density at radius 3 is 2.57 bits per heavy atom. The number of carbonyl (C=O) groups excluding carboxylic acids is 1. The highest BCUT2D eigenvalue weighted by molar-refractivity contribution is 6.19. The molecule has 9 nitrogen and oxygen atoms in total. The fourth-order valence-corrected chi connectivity index (χ4v) is 4.42. The van der Waals surface area contributed by atoms with Gasteiger partial charge in [-0.1, -0.05) is 6.07 Å². The first-order valence-electron chi connectivity index (χ1n) is 11.7. The van der Waals surface area contributed by atoms with E-state index in [1.165, 1.54) is 24.9 Å². The molecular weight excluding hydrogens is 464 g/mol. The summed E-state index contributed by atoms with van der Waals surface area (Å²) in [7, 11) is 0. The quantitative estimate of drug-likeness (QED) is 0.322. The average Bonchev–Trinajstić information content (AvgIpc) is 3.30. The van der Waals surface area contributed by atoms with Crippen LogP contribution in [0.2, 0.25) is 0 Å². The summed E-state index contributed by atoms with van der Waals surface area (Å²) in [6.45, 7) is 2.20. The van der Waals surface area contributed by atoms with Crippen molar-refractivity contribution in [3.05, 3.63) is 54.9 Å². The van der Waals surface area contributed by atoms with Gasteiger partial charge in [-0.2, -0.15) is 9.97 Å². The zero-order valence-corrected chi connectivity index (χ0v) is 20.0. The van der Waals surface area contributed by atoms with Crippen molar-refractivity contribution in [1.29, 1.82) is 0 Å². The maximum absolute atomic E-state index is 11.9. The van der Waals surface area contributed by atoms with Gasteiger partial charge in [-0.15, -0.1) is 11.6 Å². The molecule has 1 saturated heterocycles. The van der Waals surface area contributed by atoms with Crippen molar-refractivity contribution in [2.24, 2.45) is 0 Å². The second-order valence-corrected chi connectivity index (χ2v) is 8.85. The summed E-state index contributed by atoms with van der Waals surface area (Å²) in [4.78, 5) is 27.8. The Balaban J connectivity index is 1.40. The van der Waals surface area contributed by atoms with Crippen molar-refractivity contribution in [3.8, 4) is 5.69 Å². The first-order chi connectivity index (χ1) is 17.1. The van der Waals surface area contributed by atoms with Gasteiger partial charge < -0.3 is 21.3 Å². The molecule has 0 radical (unpaired) electrons. The third kappa shape index (κ3) is 5.14. The third-order valence-electron chi connectivity index (χ3n) is 6.00. The lowest BCUT2D eigenvalue weighted by Crippen LogP contribution is -2.29. The van der Waals surface area contributed by atoms with E-state index in [0.717, 1.165) is 24.5 Å². The van der Waals surface area contributed by atoms with E-state index >= 15 is 0 Å². The number of nitrogen functional groups attached to an aromatic ring is 1. The van der Waals surface area contributed by atoms with Crippen molar-refractivity contribution in [2.45, 2.75) is 25.7 Å². The zero-order valence-electron chi connectivity index (χ0n) is 19.2. The number of piperidine rings is 1. The molecule has 4 N–H and O–H groups in total. The number of hydrogen-bond donors (Lipinski definition) is 3. The standard InChI is InChI=1S/C25H27ClN8O/c26-12-11-21(35)29-18-5-4-6-20(15-18)34-16-28-22-23(27)31-25(32-24(22)34)30-17-7-9-19(10-8-17)33-13-2-1-3-14-33/h4-10,15-16H,1-3,11-14H2,(H,29,35)(H3,27,30,31,32). The van der Waals surface area contributed by atoms with Crippen LogP contribution in [0.25, 0.3) is 16.9 Å². The number of rotatable bonds is 7.